The Labute approximate surface area is 146 Å². The van der Waals surface area contributed by atoms with Crippen molar-refractivity contribution in [1.82, 2.24) is 5.32 Å². The SMILES string of the molecule is CC.CC.CC(=O)C(Cc1ccc(OS(=O)(=O)O)cc1)NC(C)C. The molecule has 0 bridgehead atoms. The zero-order valence-corrected chi connectivity index (χ0v) is 16.5. The maximum Gasteiger partial charge on any atom is 0.446 e. The number of carbonyl (C=O) groups is 1. The highest BCUT2D eigenvalue weighted by Gasteiger charge is 2.15. The van der Waals surface area contributed by atoms with Crippen molar-refractivity contribution in [1.29, 1.82) is 0 Å². The fraction of sp³-hybridized carbons (Fsp3) is 0.588. The molecule has 0 fully saturated rings. The average molecular weight is 362 g/mol. The van der Waals surface area contributed by atoms with Crippen LogP contribution in [0, 0.1) is 0 Å². The minimum Gasteiger partial charge on any atom is -0.362 e. The fourth-order valence-corrected chi connectivity index (χ4v) is 2.12. The zero-order chi connectivity index (χ0) is 19.3. The number of hydrogen-bond acceptors (Lipinski definition) is 5. The van der Waals surface area contributed by atoms with Crippen LogP contribution in [-0.2, 0) is 21.6 Å². The molecule has 140 valence electrons. The van der Waals surface area contributed by atoms with Crippen molar-refractivity contribution < 1.29 is 21.9 Å². The van der Waals surface area contributed by atoms with Crippen LogP contribution in [0.25, 0.3) is 0 Å². The second kappa shape index (κ2) is 12.9. The van der Waals surface area contributed by atoms with Crippen molar-refractivity contribution in [3.63, 3.8) is 0 Å². The normalized spacial score (nSPS) is 11.5. The van der Waals surface area contributed by atoms with Crippen LogP contribution >= 0.6 is 0 Å². The highest BCUT2D eigenvalue weighted by atomic mass is 32.3. The Hall–Kier alpha value is -1.44. The summed E-state index contributed by atoms with van der Waals surface area (Å²) in [6, 6.07) is 6.05. The van der Waals surface area contributed by atoms with E-state index in [0.29, 0.717) is 6.42 Å². The minimum absolute atomic E-state index is 0.0208. The van der Waals surface area contributed by atoms with Crippen LogP contribution in [0.1, 0.15) is 54.0 Å². The van der Waals surface area contributed by atoms with Gasteiger partial charge in [-0.3, -0.25) is 9.35 Å². The number of carbonyl (C=O) groups excluding carboxylic acids is 1. The van der Waals surface area contributed by atoms with Gasteiger partial charge in [-0.25, -0.2) is 0 Å². The van der Waals surface area contributed by atoms with Gasteiger partial charge >= 0.3 is 10.4 Å². The van der Waals surface area contributed by atoms with Crippen LogP contribution in [0.2, 0.25) is 0 Å². The van der Waals surface area contributed by atoms with Crippen molar-refractivity contribution in [2.24, 2.45) is 0 Å². The molecule has 1 aromatic rings. The molecule has 0 amide bonds. The smallest absolute Gasteiger partial charge is 0.362 e. The fourth-order valence-electron chi connectivity index (χ4n) is 1.76. The Morgan fingerprint density at radius 1 is 1.12 bits per heavy atom. The number of rotatable bonds is 7. The van der Waals surface area contributed by atoms with Gasteiger partial charge in [0.2, 0.25) is 0 Å². The third-order valence-electron chi connectivity index (χ3n) is 2.59. The lowest BCUT2D eigenvalue weighted by Gasteiger charge is -2.18. The maximum absolute atomic E-state index is 11.5. The molecule has 7 heteroatoms. The van der Waals surface area contributed by atoms with Crippen LogP contribution in [0.3, 0.4) is 0 Å². The monoisotopic (exact) mass is 361 g/mol. The first kappa shape index (κ1) is 24.8. The molecule has 0 saturated heterocycles. The molecular formula is C17H31NO5S. The van der Waals surface area contributed by atoms with E-state index in [9.17, 15) is 13.2 Å². The first-order valence-electron chi connectivity index (χ1n) is 8.19. The summed E-state index contributed by atoms with van der Waals surface area (Å²) in [5.74, 6) is 0.0596. The van der Waals surface area contributed by atoms with E-state index in [0.717, 1.165) is 5.56 Å². The lowest BCUT2D eigenvalue weighted by atomic mass is 10.0. The van der Waals surface area contributed by atoms with Gasteiger partial charge in [0.15, 0.2) is 0 Å². The van der Waals surface area contributed by atoms with Gasteiger partial charge in [0.05, 0.1) is 6.04 Å². The summed E-state index contributed by atoms with van der Waals surface area (Å²) in [5, 5.41) is 3.16. The summed E-state index contributed by atoms with van der Waals surface area (Å²) >= 11 is 0. The van der Waals surface area contributed by atoms with E-state index >= 15 is 0 Å². The van der Waals surface area contributed by atoms with Gasteiger partial charge in [0.25, 0.3) is 0 Å². The molecule has 24 heavy (non-hydrogen) atoms. The molecule has 1 unspecified atom stereocenters. The lowest BCUT2D eigenvalue weighted by Crippen LogP contribution is -2.41. The van der Waals surface area contributed by atoms with Gasteiger partial charge in [-0.1, -0.05) is 53.7 Å². The summed E-state index contributed by atoms with van der Waals surface area (Å²) in [6.45, 7) is 13.4. The largest absolute Gasteiger partial charge is 0.446 e. The highest BCUT2D eigenvalue weighted by Crippen LogP contribution is 2.15. The van der Waals surface area contributed by atoms with Gasteiger partial charge < -0.3 is 9.50 Å². The molecule has 0 aliphatic carbocycles. The Bertz CT molecular complexity index is 553. The van der Waals surface area contributed by atoms with Gasteiger partial charge in [-0.2, -0.15) is 8.42 Å². The molecule has 0 aromatic heterocycles. The summed E-state index contributed by atoms with van der Waals surface area (Å²) in [5.41, 5.74) is 0.862. The third kappa shape index (κ3) is 12.0. The van der Waals surface area contributed by atoms with E-state index in [-0.39, 0.29) is 23.6 Å². The number of hydrogen-bond donors (Lipinski definition) is 2. The van der Waals surface area contributed by atoms with Crippen LogP contribution < -0.4 is 9.50 Å². The molecule has 0 saturated carbocycles. The van der Waals surface area contributed by atoms with Crippen molar-refractivity contribution in [2.45, 2.75) is 67.0 Å². The molecule has 0 radical (unpaired) electrons. The summed E-state index contributed by atoms with van der Waals surface area (Å²) in [4.78, 5) is 11.5. The molecule has 1 atom stereocenters. The number of benzene rings is 1. The van der Waals surface area contributed by atoms with Crippen LogP contribution in [0.4, 0.5) is 0 Å². The summed E-state index contributed by atoms with van der Waals surface area (Å²) in [7, 11) is -4.51. The lowest BCUT2D eigenvalue weighted by molar-refractivity contribution is -0.119. The molecular weight excluding hydrogens is 330 g/mol. The van der Waals surface area contributed by atoms with Gasteiger partial charge in [0.1, 0.15) is 11.5 Å². The van der Waals surface area contributed by atoms with Crippen molar-refractivity contribution >= 4 is 16.2 Å². The second-order valence-electron chi connectivity index (χ2n) is 4.84. The average Bonchev–Trinajstić information content (AvgIpc) is 2.50. The van der Waals surface area contributed by atoms with Crippen molar-refractivity contribution in [2.75, 3.05) is 0 Å². The predicted octanol–water partition coefficient (Wildman–Crippen LogP) is 3.42. The van der Waals surface area contributed by atoms with Crippen LogP contribution in [0.15, 0.2) is 24.3 Å². The van der Waals surface area contributed by atoms with Crippen molar-refractivity contribution in [3.05, 3.63) is 29.8 Å². The summed E-state index contributed by atoms with van der Waals surface area (Å²) < 4.78 is 34.0. The Morgan fingerprint density at radius 3 is 1.92 bits per heavy atom. The molecule has 6 nitrogen and oxygen atoms in total. The zero-order valence-electron chi connectivity index (χ0n) is 15.7. The standard InChI is InChI=1S/C13H19NO5S.2C2H6/c1-9(2)14-13(10(3)15)8-11-4-6-12(7-5-11)19-20(16,17)18;2*1-2/h4-7,9,13-14H,8H2,1-3H3,(H,16,17,18);2*1-2H3. The van der Waals surface area contributed by atoms with E-state index in [1.807, 2.05) is 41.5 Å². The second-order valence-corrected chi connectivity index (χ2v) is 5.87. The maximum atomic E-state index is 11.5. The van der Waals surface area contributed by atoms with E-state index in [4.69, 9.17) is 4.55 Å². The van der Waals surface area contributed by atoms with Gasteiger partial charge in [0, 0.05) is 6.04 Å². The molecule has 2 N–H and O–H groups in total. The molecule has 1 aromatic carbocycles. The van der Waals surface area contributed by atoms with Gasteiger partial charge in [-0.15, -0.1) is 0 Å². The molecule has 0 aliphatic rings. The Morgan fingerprint density at radius 2 is 1.58 bits per heavy atom. The van der Waals surface area contributed by atoms with Crippen LogP contribution in [-0.4, -0.2) is 30.8 Å². The van der Waals surface area contributed by atoms with E-state index < -0.39 is 10.4 Å². The summed E-state index contributed by atoms with van der Waals surface area (Å²) in [6.07, 6.45) is 0.500. The molecule has 0 spiro atoms. The van der Waals surface area contributed by atoms with Crippen molar-refractivity contribution in [3.8, 4) is 5.75 Å². The predicted molar refractivity (Wildman–Crippen MR) is 97.8 cm³/mol. The number of ketones is 1. The quantitative estimate of drug-likeness (QED) is 0.723. The number of nitrogens with one attached hydrogen (secondary N) is 1. The van der Waals surface area contributed by atoms with E-state index in [2.05, 4.69) is 9.50 Å². The van der Waals surface area contributed by atoms with Gasteiger partial charge in [-0.05, 0) is 31.0 Å². The first-order chi connectivity index (χ1) is 11.2. The Kier molecular flexibility index (Phi) is 13.4. The van der Waals surface area contributed by atoms with Crippen LogP contribution in [0.5, 0.6) is 5.75 Å². The molecule has 1 rings (SSSR count). The highest BCUT2D eigenvalue weighted by molar-refractivity contribution is 7.81. The number of Topliss-reactive ketones (excluding diaryl/α,β-unsaturated/α-hetero) is 1. The third-order valence-corrected chi connectivity index (χ3v) is 2.99. The topological polar surface area (TPSA) is 92.7 Å². The van der Waals surface area contributed by atoms with E-state index in [1.54, 1.807) is 12.1 Å². The molecule has 0 aliphatic heterocycles. The minimum atomic E-state index is -4.51. The first-order valence-corrected chi connectivity index (χ1v) is 9.56. The Balaban J connectivity index is 0. The van der Waals surface area contributed by atoms with E-state index in [1.165, 1.54) is 19.1 Å². The molecule has 0 heterocycles.